The summed E-state index contributed by atoms with van der Waals surface area (Å²) >= 11 is 3.25. The molecule has 0 spiro atoms. The van der Waals surface area contributed by atoms with Crippen molar-refractivity contribution in [3.8, 4) is 0 Å². The molecule has 0 aromatic carbocycles. The number of carbonyl (C=O) groups excluding carboxylic acids is 1. The first kappa shape index (κ1) is 20.1. The van der Waals surface area contributed by atoms with Gasteiger partial charge in [-0.3, -0.25) is 4.79 Å². The van der Waals surface area contributed by atoms with Gasteiger partial charge in [0.15, 0.2) is 0 Å². The highest BCUT2D eigenvalue weighted by Gasteiger charge is 1.90. The number of unbranched alkanes of at least 4 members (excludes halogenated alkanes) is 9. The Bertz CT molecular complexity index is 145. The molecule has 0 aromatic rings. The summed E-state index contributed by atoms with van der Waals surface area (Å²) in [6.07, 6.45) is 14.8. The predicted molar refractivity (Wildman–Crippen MR) is 82.9 cm³/mol. The molecule has 0 aliphatic rings. The molecule has 0 unspecified atom stereocenters. The van der Waals surface area contributed by atoms with Crippen molar-refractivity contribution in [2.45, 2.75) is 91.4 Å². The Morgan fingerprint density at radius 3 is 1.28 bits per heavy atom. The lowest BCUT2D eigenvalue weighted by Gasteiger charge is -1.99. The van der Waals surface area contributed by atoms with Crippen molar-refractivity contribution in [2.24, 2.45) is 0 Å². The first-order valence-electron chi connectivity index (χ1n) is 7.57. The third-order valence-electron chi connectivity index (χ3n) is 2.85. The third kappa shape index (κ3) is 21.1. The standard InChI is InChI=1S/C12H26.C3H6O2S/c1-3-5-7-9-11-12-10-8-6-4-2;1-2-3(4)5-6/h3-12H2,1-2H3;6H,2H2,1H3. The molecule has 0 saturated carbocycles. The van der Waals surface area contributed by atoms with Crippen LogP contribution >= 0.6 is 12.9 Å². The van der Waals surface area contributed by atoms with Crippen LogP contribution in [0.15, 0.2) is 0 Å². The lowest BCUT2D eigenvalue weighted by Crippen LogP contribution is -1.90. The van der Waals surface area contributed by atoms with Crippen molar-refractivity contribution in [2.75, 3.05) is 0 Å². The SMILES string of the molecule is CCC(=O)OS.CCCCCCCCCCCC. The highest BCUT2D eigenvalue weighted by molar-refractivity contribution is 7.75. The van der Waals surface area contributed by atoms with Gasteiger partial charge < -0.3 is 4.18 Å². The number of hydrogen-bond donors (Lipinski definition) is 1. The second-order valence-corrected chi connectivity index (χ2v) is 4.83. The van der Waals surface area contributed by atoms with Crippen molar-refractivity contribution < 1.29 is 8.98 Å². The predicted octanol–water partition coefficient (Wildman–Crippen LogP) is 5.71. The summed E-state index contributed by atoms with van der Waals surface area (Å²) in [7, 11) is 0. The van der Waals surface area contributed by atoms with Crippen LogP contribution in [0.2, 0.25) is 0 Å². The summed E-state index contributed by atoms with van der Waals surface area (Å²) in [6.45, 7) is 6.26. The number of carbonyl (C=O) groups is 1. The molecule has 0 aromatic heterocycles. The molecule has 0 aliphatic carbocycles. The normalized spacial score (nSPS) is 9.56. The van der Waals surface area contributed by atoms with Crippen molar-refractivity contribution >= 4 is 18.9 Å². The Balaban J connectivity index is 0. The molecule has 0 amide bonds. The molecule has 3 heteroatoms. The van der Waals surface area contributed by atoms with Crippen LogP contribution in [0.5, 0.6) is 0 Å². The summed E-state index contributed by atoms with van der Waals surface area (Å²) in [4.78, 5) is 9.88. The summed E-state index contributed by atoms with van der Waals surface area (Å²) < 4.78 is 3.95. The maximum absolute atomic E-state index is 9.88. The average Bonchev–Trinajstić information content (AvgIpc) is 2.41. The Morgan fingerprint density at radius 1 is 0.778 bits per heavy atom. The van der Waals surface area contributed by atoms with Crippen LogP contribution in [0.4, 0.5) is 0 Å². The van der Waals surface area contributed by atoms with Crippen molar-refractivity contribution in [3.05, 3.63) is 0 Å². The van der Waals surface area contributed by atoms with Gasteiger partial charge in [-0.2, -0.15) is 0 Å². The van der Waals surface area contributed by atoms with Crippen molar-refractivity contribution in [1.82, 2.24) is 0 Å². The topological polar surface area (TPSA) is 26.3 Å². The van der Waals surface area contributed by atoms with Crippen LogP contribution in [0.25, 0.3) is 0 Å². The van der Waals surface area contributed by atoms with Gasteiger partial charge in [-0.05, 0) is 0 Å². The fraction of sp³-hybridized carbons (Fsp3) is 0.933. The van der Waals surface area contributed by atoms with Crippen LogP contribution in [0, 0.1) is 0 Å². The molecule has 110 valence electrons. The highest BCUT2D eigenvalue weighted by Crippen LogP contribution is 2.09. The lowest BCUT2D eigenvalue weighted by atomic mass is 10.1. The van der Waals surface area contributed by atoms with E-state index in [2.05, 4.69) is 30.9 Å². The van der Waals surface area contributed by atoms with Gasteiger partial charge in [-0.15, -0.1) is 0 Å². The molecule has 0 fully saturated rings. The van der Waals surface area contributed by atoms with E-state index in [0.29, 0.717) is 6.42 Å². The first-order valence-corrected chi connectivity index (χ1v) is 7.93. The van der Waals surface area contributed by atoms with Crippen molar-refractivity contribution in [3.63, 3.8) is 0 Å². The van der Waals surface area contributed by atoms with E-state index < -0.39 is 0 Å². The number of thiol groups is 1. The van der Waals surface area contributed by atoms with Gasteiger partial charge in [0, 0.05) is 19.3 Å². The molecule has 0 rings (SSSR count). The quantitative estimate of drug-likeness (QED) is 0.314. The maximum atomic E-state index is 9.88. The summed E-state index contributed by atoms with van der Waals surface area (Å²) in [5.74, 6) is -0.293. The largest absolute Gasteiger partial charge is 0.395 e. The zero-order chi connectivity index (χ0) is 14.1. The van der Waals surface area contributed by atoms with Gasteiger partial charge >= 0.3 is 5.97 Å². The second kappa shape index (κ2) is 19.2. The Kier molecular flexibility index (Phi) is 21.4. The fourth-order valence-electron chi connectivity index (χ4n) is 1.63. The van der Waals surface area contributed by atoms with Gasteiger partial charge in [0.05, 0.1) is 0 Å². The molecule has 18 heavy (non-hydrogen) atoms. The first-order chi connectivity index (χ1) is 8.72. The van der Waals surface area contributed by atoms with E-state index in [1.165, 1.54) is 64.2 Å². The molecule has 0 aliphatic heterocycles. The van der Waals surface area contributed by atoms with Crippen LogP contribution in [0.3, 0.4) is 0 Å². The molecular weight excluding hydrogens is 244 g/mol. The fourth-order valence-corrected chi connectivity index (χ4v) is 1.75. The molecular formula is C15H32O2S. The average molecular weight is 276 g/mol. The summed E-state index contributed by atoms with van der Waals surface area (Å²) in [5, 5.41) is 0. The molecule has 0 N–H and O–H groups in total. The maximum Gasteiger partial charge on any atom is 0.317 e. The minimum absolute atomic E-state index is 0.293. The summed E-state index contributed by atoms with van der Waals surface area (Å²) in [5.41, 5.74) is 0. The lowest BCUT2D eigenvalue weighted by molar-refractivity contribution is -0.132. The van der Waals surface area contributed by atoms with Gasteiger partial charge in [-0.1, -0.05) is 85.0 Å². The van der Waals surface area contributed by atoms with Crippen LogP contribution in [0.1, 0.15) is 91.4 Å². The molecule has 0 radical (unpaired) electrons. The Morgan fingerprint density at radius 2 is 1.11 bits per heavy atom. The van der Waals surface area contributed by atoms with Gasteiger partial charge in [0.25, 0.3) is 0 Å². The highest BCUT2D eigenvalue weighted by atomic mass is 32.1. The van der Waals surface area contributed by atoms with E-state index in [1.807, 2.05) is 0 Å². The van der Waals surface area contributed by atoms with E-state index in [4.69, 9.17) is 0 Å². The van der Waals surface area contributed by atoms with Crippen LogP contribution in [-0.4, -0.2) is 5.97 Å². The molecule has 0 saturated heterocycles. The van der Waals surface area contributed by atoms with E-state index in [9.17, 15) is 4.79 Å². The van der Waals surface area contributed by atoms with Crippen LogP contribution in [-0.2, 0) is 8.98 Å². The minimum atomic E-state index is -0.293. The molecule has 0 atom stereocenters. The van der Waals surface area contributed by atoms with E-state index in [1.54, 1.807) is 6.92 Å². The molecule has 2 nitrogen and oxygen atoms in total. The third-order valence-corrected chi connectivity index (χ3v) is 3.05. The van der Waals surface area contributed by atoms with E-state index >= 15 is 0 Å². The van der Waals surface area contributed by atoms with Gasteiger partial charge in [-0.25, -0.2) is 0 Å². The number of hydrogen-bond acceptors (Lipinski definition) is 3. The Labute approximate surface area is 119 Å². The van der Waals surface area contributed by atoms with E-state index in [0.717, 1.165) is 0 Å². The monoisotopic (exact) mass is 276 g/mol. The zero-order valence-corrected chi connectivity index (χ0v) is 13.4. The Hall–Kier alpha value is -0.180. The smallest absolute Gasteiger partial charge is 0.317 e. The van der Waals surface area contributed by atoms with Crippen molar-refractivity contribution in [1.29, 1.82) is 0 Å². The summed E-state index contributed by atoms with van der Waals surface area (Å²) in [6, 6.07) is 0. The molecule has 0 heterocycles. The van der Waals surface area contributed by atoms with Gasteiger partial charge in [0.2, 0.25) is 0 Å². The second-order valence-electron chi connectivity index (χ2n) is 4.65. The van der Waals surface area contributed by atoms with E-state index in [-0.39, 0.29) is 5.97 Å². The van der Waals surface area contributed by atoms with Gasteiger partial charge in [0.1, 0.15) is 0 Å². The van der Waals surface area contributed by atoms with Crippen LogP contribution < -0.4 is 0 Å². The number of rotatable bonds is 10. The molecule has 0 bridgehead atoms. The minimum Gasteiger partial charge on any atom is -0.395 e. The zero-order valence-electron chi connectivity index (χ0n) is 12.5.